The summed E-state index contributed by atoms with van der Waals surface area (Å²) in [6.07, 6.45) is 2.59. The predicted octanol–water partition coefficient (Wildman–Crippen LogP) is 1.37. The molecule has 20 heavy (non-hydrogen) atoms. The largest absolute Gasteiger partial charge is 0.356 e. The Bertz CT molecular complexity index is 572. The molecule has 1 aromatic carbocycles. The van der Waals surface area contributed by atoms with Gasteiger partial charge in [0.2, 0.25) is 5.91 Å². The number of hydrogen-bond donors (Lipinski definition) is 2. The number of carbonyl (C=O) groups is 1. The topological polar surface area (TPSA) is 70.7 Å². The summed E-state index contributed by atoms with van der Waals surface area (Å²) in [6, 6.07) is 3.80. The molecule has 0 fully saturated rings. The van der Waals surface area contributed by atoms with Gasteiger partial charge in [-0.05, 0) is 12.5 Å². The van der Waals surface area contributed by atoms with Crippen LogP contribution in [0, 0.1) is 11.6 Å². The third kappa shape index (κ3) is 3.84. The lowest BCUT2D eigenvalue weighted by Gasteiger charge is -2.06. The molecule has 7 heteroatoms. The second-order valence-electron chi connectivity index (χ2n) is 4.28. The molecular formula is C13H14F2N4O. The van der Waals surface area contributed by atoms with Crippen molar-refractivity contribution in [1.29, 1.82) is 0 Å². The third-order valence-electron chi connectivity index (χ3n) is 2.76. The average molecular weight is 280 g/mol. The predicted molar refractivity (Wildman–Crippen MR) is 67.8 cm³/mol. The molecule has 0 aliphatic heterocycles. The van der Waals surface area contributed by atoms with Gasteiger partial charge in [0.05, 0.1) is 6.42 Å². The molecule has 0 aliphatic carbocycles. The minimum absolute atomic E-state index is 0.0535. The highest BCUT2D eigenvalue weighted by Gasteiger charge is 2.11. The van der Waals surface area contributed by atoms with Crippen molar-refractivity contribution in [3.05, 3.63) is 47.5 Å². The van der Waals surface area contributed by atoms with Crippen molar-refractivity contribution in [1.82, 2.24) is 20.5 Å². The van der Waals surface area contributed by atoms with Gasteiger partial charge in [0.25, 0.3) is 0 Å². The van der Waals surface area contributed by atoms with Crippen LogP contribution in [0.2, 0.25) is 0 Å². The van der Waals surface area contributed by atoms with Crippen LogP contribution < -0.4 is 5.32 Å². The minimum Gasteiger partial charge on any atom is -0.356 e. The molecule has 0 radical (unpaired) electrons. The van der Waals surface area contributed by atoms with E-state index < -0.39 is 11.6 Å². The third-order valence-corrected chi connectivity index (χ3v) is 2.76. The summed E-state index contributed by atoms with van der Waals surface area (Å²) in [7, 11) is 0. The molecule has 0 bridgehead atoms. The smallest absolute Gasteiger partial charge is 0.224 e. The van der Waals surface area contributed by atoms with Gasteiger partial charge in [0, 0.05) is 18.5 Å². The second kappa shape index (κ2) is 6.74. The zero-order chi connectivity index (χ0) is 14.4. The molecule has 0 aliphatic rings. The molecule has 106 valence electrons. The van der Waals surface area contributed by atoms with Crippen LogP contribution in [-0.4, -0.2) is 27.6 Å². The fraction of sp³-hybridized carbons (Fsp3) is 0.308. The van der Waals surface area contributed by atoms with Gasteiger partial charge in [0.1, 0.15) is 12.2 Å². The van der Waals surface area contributed by atoms with Crippen LogP contribution in [0.3, 0.4) is 0 Å². The number of rotatable bonds is 6. The van der Waals surface area contributed by atoms with Crippen molar-refractivity contribution in [2.75, 3.05) is 6.54 Å². The maximum atomic E-state index is 13.4. The van der Waals surface area contributed by atoms with Gasteiger partial charge in [-0.2, -0.15) is 5.10 Å². The first kappa shape index (κ1) is 14.1. The quantitative estimate of drug-likeness (QED) is 0.785. The molecule has 0 saturated heterocycles. The van der Waals surface area contributed by atoms with E-state index in [0.717, 1.165) is 11.9 Å². The first-order valence-corrected chi connectivity index (χ1v) is 6.20. The molecule has 5 nitrogen and oxygen atoms in total. The van der Waals surface area contributed by atoms with Crippen molar-refractivity contribution < 1.29 is 13.6 Å². The zero-order valence-corrected chi connectivity index (χ0v) is 10.7. The maximum Gasteiger partial charge on any atom is 0.224 e. The fourth-order valence-electron chi connectivity index (χ4n) is 1.76. The van der Waals surface area contributed by atoms with Gasteiger partial charge >= 0.3 is 0 Å². The summed E-state index contributed by atoms with van der Waals surface area (Å²) in [5.41, 5.74) is 0.0535. The number of carbonyl (C=O) groups excluding carboxylic acids is 1. The van der Waals surface area contributed by atoms with E-state index in [2.05, 4.69) is 20.5 Å². The van der Waals surface area contributed by atoms with E-state index in [1.54, 1.807) is 0 Å². The number of aromatic nitrogens is 3. The number of hydrogen-bond acceptors (Lipinski definition) is 3. The zero-order valence-electron chi connectivity index (χ0n) is 10.7. The normalized spacial score (nSPS) is 10.5. The Balaban J connectivity index is 1.74. The molecule has 0 atom stereocenters. The number of aryl methyl sites for hydroxylation is 1. The van der Waals surface area contributed by atoms with Gasteiger partial charge < -0.3 is 5.32 Å². The van der Waals surface area contributed by atoms with Crippen LogP contribution in [0.4, 0.5) is 8.78 Å². The summed E-state index contributed by atoms with van der Waals surface area (Å²) < 4.78 is 26.3. The van der Waals surface area contributed by atoms with Gasteiger partial charge in [-0.15, -0.1) is 0 Å². The van der Waals surface area contributed by atoms with E-state index in [1.807, 2.05) is 0 Å². The maximum absolute atomic E-state index is 13.4. The fourth-order valence-corrected chi connectivity index (χ4v) is 1.76. The monoisotopic (exact) mass is 280 g/mol. The van der Waals surface area contributed by atoms with Gasteiger partial charge in [-0.25, -0.2) is 13.8 Å². The molecule has 0 spiro atoms. The van der Waals surface area contributed by atoms with Crippen LogP contribution >= 0.6 is 0 Å². The standard InChI is InChI=1S/C13H14F2N4O/c14-10-4-1-3-9(13(10)15)7-12(20)16-6-2-5-11-17-8-18-19-11/h1,3-4,8H,2,5-7H2,(H,16,20)(H,17,18,19). The van der Waals surface area contributed by atoms with Crippen LogP contribution in [0.1, 0.15) is 17.8 Å². The summed E-state index contributed by atoms with van der Waals surface area (Å²) in [5.74, 6) is -1.51. The number of aromatic amines is 1. The van der Waals surface area contributed by atoms with Crippen LogP contribution in [0.5, 0.6) is 0 Å². The van der Waals surface area contributed by atoms with Crippen molar-refractivity contribution in [3.63, 3.8) is 0 Å². The first-order valence-electron chi connectivity index (χ1n) is 6.20. The number of nitrogens with one attached hydrogen (secondary N) is 2. The Hall–Kier alpha value is -2.31. The van der Waals surface area contributed by atoms with E-state index in [4.69, 9.17) is 0 Å². The van der Waals surface area contributed by atoms with E-state index in [-0.39, 0.29) is 17.9 Å². The highest BCUT2D eigenvalue weighted by atomic mass is 19.2. The van der Waals surface area contributed by atoms with E-state index in [9.17, 15) is 13.6 Å². The lowest BCUT2D eigenvalue weighted by Crippen LogP contribution is -2.26. The second-order valence-corrected chi connectivity index (χ2v) is 4.28. The highest BCUT2D eigenvalue weighted by molar-refractivity contribution is 5.78. The summed E-state index contributed by atoms with van der Waals surface area (Å²) >= 11 is 0. The Morgan fingerprint density at radius 2 is 2.20 bits per heavy atom. The van der Waals surface area contributed by atoms with E-state index in [0.29, 0.717) is 19.4 Å². The minimum atomic E-state index is -0.968. The Labute approximate surface area is 114 Å². The number of H-pyrrole nitrogens is 1. The SMILES string of the molecule is O=C(Cc1cccc(F)c1F)NCCCc1ncn[nH]1. The molecule has 1 amide bonds. The molecule has 2 N–H and O–H groups in total. The van der Waals surface area contributed by atoms with Crippen LogP contribution in [0.25, 0.3) is 0 Å². The van der Waals surface area contributed by atoms with Gasteiger partial charge in [0.15, 0.2) is 11.6 Å². The summed E-state index contributed by atoms with van der Waals surface area (Å²) in [5, 5.41) is 9.07. The van der Waals surface area contributed by atoms with Crippen molar-refractivity contribution >= 4 is 5.91 Å². The average Bonchev–Trinajstić information content (AvgIpc) is 2.93. The van der Waals surface area contributed by atoms with Crippen LogP contribution in [-0.2, 0) is 17.6 Å². The van der Waals surface area contributed by atoms with Crippen LogP contribution in [0.15, 0.2) is 24.5 Å². The lowest BCUT2D eigenvalue weighted by molar-refractivity contribution is -0.120. The van der Waals surface area contributed by atoms with Crippen molar-refractivity contribution in [3.8, 4) is 0 Å². The summed E-state index contributed by atoms with van der Waals surface area (Å²) in [6.45, 7) is 0.441. The first-order chi connectivity index (χ1) is 9.66. The number of halogens is 2. The Kier molecular flexibility index (Phi) is 4.75. The molecule has 1 heterocycles. The Morgan fingerprint density at radius 1 is 1.35 bits per heavy atom. The molecule has 0 unspecified atom stereocenters. The number of nitrogens with zero attached hydrogens (tertiary/aromatic N) is 2. The molecule has 0 saturated carbocycles. The molecule has 2 rings (SSSR count). The number of amides is 1. The molecule has 2 aromatic rings. The molecule has 1 aromatic heterocycles. The highest BCUT2D eigenvalue weighted by Crippen LogP contribution is 2.11. The van der Waals surface area contributed by atoms with E-state index in [1.165, 1.54) is 18.5 Å². The molecular weight excluding hydrogens is 266 g/mol. The van der Waals surface area contributed by atoms with Gasteiger partial charge in [-0.1, -0.05) is 12.1 Å². The van der Waals surface area contributed by atoms with Crippen molar-refractivity contribution in [2.45, 2.75) is 19.3 Å². The summed E-state index contributed by atoms with van der Waals surface area (Å²) in [4.78, 5) is 15.6. The Morgan fingerprint density at radius 3 is 2.95 bits per heavy atom. The lowest BCUT2D eigenvalue weighted by atomic mass is 10.1. The number of benzene rings is 1. The van der Waals surface area contributed by atoms with Crippen molar-refractivity contribution in [2.24, 2.45) is 0 Å². The van der Waals surface area contributed by atoms with Gasteiger partial charge in [-0.3, -0.25) is 9.89 Å². The van der Waals surface area contributed by atoms with E-state index >= 15 is 0 Å².